The Morgan fingerprint density at radius 3 is 2.63 bits per heavy atom. The molecule has 7 nitrogen and oxygen atoms in total. The number of piperazine rings is 1. The molecule has 1 amide bonds. The molecular formula is C18H21ClN4O3S. The average molecular weight is 409 g/mol. The minimum Gasteiger partial charge on any atom is -0.319 e. The second-order valence-electron chi connectivity index (χ2n) is 6.41. The molecule has 0 aliphatic carbocycles. The number of amides is 1. The highest BCUT2D eigenvalue weighted by Gasteiger charge is 2.21. The second-order valence-corrected chi connectivity index (χ2v) is 7.88. The van der Waals surface area contributed by atoms with Crippen molar-refractivity contribution in [1.82, 2.24) is 9.80 Å². The van der Waals surface area contributed by atoms with Crippen molar-refractivity contribution in [3.8, 4) is 0 Å². The lowest BCUT2D eigenvalue weighted by Crippen LogP contribution is -2.49. The molecule has 1 saturated heterocycles. The van der Waals surface area contributed by atoms with Crippen LogP contribution in [0.2, 0.25) is 5.02 Å². The van der Waals surface area contributed by atoms with E-state index in [0.717, 1.165) is 39.1 Å². The minimum absolute atomic E-state index is 0.170. The van der Waals surface area contributed by atoms with Crippen molar-refractivity contribution in [3.63, 3.8) is 0 Å². The Bertz CT molecular complexity index is 792. The summed E-state index contributed by atoms with van der Waals surface area (Å²) in [6.07, 6.45) is 1.05. The Balaban J connectivity index is 1.45. The molecule has 9 heteroatoms. The summed E-state index contributed by atoms with van der Waals surface area (Å²) in [5.74, 6) is -0.257. The first kappa shape index (κ1) is 19.8. The molecule has 1 aromatic carbocycles. The lowest BCUT2D eigenvalue weighted by molar-refractivity contribution is -0.383. The van der Waals surface area contributed by atoms with E-state index in [0.29, 0.717) is 0 Å². The Kier molecular flexibility index (Phi) is 6.78. The van der Waals surface area contributed by atoms with Gasteiger partial charge in [0.05, 0.1) is 11.5 Å². The fraction of sp³-hybridized carbons (Fsp3) is 0.389. The number of nitrogens with zero attached hydrogens (tertiary/aromatic N) is 3. The van der Waals surface area contributed by atoms with Crippen LogP contribution in [0, 0.1) is 10.1 Å². The van der Waals surface area contributed by atoms with E-state index in [1.54, 1.807) is 11.3 Å². The van der Waals surface area contributed by atoms with E-state index < -0.39 is 4.92 Å². The number of rotatable bonds is 7. The van der Waals surface area contributed by atoms with Gasteiger partial charge in [0.25, 0.3) is 5.69 Å². The number of thiophene rings is 1. The molecule has 1 aliphatic heterocycles. The van der Waals surface area contributed by atoms with E-state index in [9.17, 15) is 14.9 Å². The van der Waals surface area contributed by atoms with Gasteiger partial charge in [0, 0.05) is 48.7 Å². The molecule has 0 radical (unpaired) electrons. The second kappa shape index (κ2) is 9.27. The first-order valence-electron chi connectivity index (χ1n) is 8.72. The Morgan fingerprint density at radius 2 is 1.96 bits per heavy atom. The summed E-state index contributed by atoms with van der Waals surface area (Å²) < 4.78 is 0. The van der Waals surface area contributed by atoms with E-state index in [1.807, 2.05) is 0 Å². The van der Waals surface area contributed by atoms with Crippen LogP contribution >= 0.6 is 22.9 Å². The zero-order valence-electron chi connectivity index (χ0n) is 14.8. The standard InChI is InChI=1S/C18H21ClN4O3S/c19-14-3-4-16(17(12-14)23(25)26)20-18(24)13-22-9-7-21(8-10-22)6-5-15-2-1-11-27-15/h1-4,11-12H,5-10,13H2,(H,20,24). The van der Waals surface area contributed by atoms with E-state index in [-0.39, 0.29) is 28.8 Å². The molecular weight excluding hydrogens is 388 g/mol. The van der Waals surface area contributed by atoms with Crippen LogP contribution in [0.5, 0.6) is 0 Å². The van der Waals surface area contributed by atoms with Gasteiger partial charge >= 0.3 is 0 Å². The van der Waals surface area contributed by atoms with Gasteiger partial charge in [-0.2, -0.15) is 0 Å². The third kappa shape index (κ3) is 5.74. The van der Waals surface area contributed by atoms with Gasteiger partial charge in [0.1, 0.15) is 5.69 Å². The number of carbonyl (C=O) groups excluding carboxylic acids is 1. The van der Waals surface area contributed by atoms with Crippen LogP contribution in [-0.2, 0) is 11.2 Å². The molecule has 3 rings (SSSR count). The molecule has 27 heavy (non-hydrogen) atoms. The molecule has 1 aromatic heterocycles. The Hall–Kier alpha value is -2.00. The van der Waals surface area contributed by atoms with Crippen molar-refractivity contribution in [2.24, 2.45) is 0 Å². The summed E-state index contributed by atoms with van der Waals surface area (Å²) in [6.45, 7) is 4.69. The maximum atomic E-state index is 12.3. The number of anilines is 1. The Labute approximate surface area is 166 Å². The number of hydrogen-bond acceptors (Lipinski definition) is 6. The summed E-state index contributed by atoms with van der Waals surface area (Å²) in [5.41, 5.74) is -0.0294. The van der Waals surface area contributed by atoms with Crippen LogP contribution in [0.15, 0.2) is 35.7 Å². The molecule has 144 valence electrons. The van der Waals surface area contributed by atoms with Crippen molar-refractivity contribution in [3.05, 3.63) is 55.7 Å². The third-order valence-corrected chi connectivity index (χ3v) is 5.69. The van der Waals surface area contributed by atoms with Crippen LogP contribution in [-0.4, -0.2) is 59.9 Å². The predicted molar refractivity (Wildman–Crippen MR) is 108 cm³/mol. The SMILES string of the molecule is O=C(CN1CCN(CCc2cccs2)CC1)Nc1ccc(Cl)cc1[N+](=O)[O-]. The quantitative estimate of drug-likeness (QED) is 0.562. The summed E-state index contributed by atoms with van der Waals surface area (Å²) in [5, 5.41) is 16.1. The molecule has 1 N–H and O–H groups in total. The van der Waals surface area contributed by atoms with Crippen LogP contribution in [0.1, 0.15) is 4.88 Å². The van der Waals surface area contributed by atoms with Gasteiger partial charge in [0.2, 0.25) is 5.91 Å². The first-order valence-corrected chi connectivity index (χ1v) is 9.98. The van der Waals surface area contributed by atoms with E-state index in [2.05, 4.69) is 32.6 Å². The number of halogens is 1. The highest BCUT2D eigenvalue weighted by atomic mass is 35.5. The largest absolute Gasteiger partial charge is 0.319 e. The van der Waals surface area contributed by atoms with Crippen LogP contribution < -0.4 is 5.32 Å². The van der Waals surface area contributed by atoms with Gasteiger partial charge in [-0.05, 0) is 30.0 Å². The highest BCUT2D eigenvalue weighted by molar-refractivity contribution is 7.09. The molecule has 1 fully saturated rings. The maximum absolute atomic E-state index is 12.3. The number of hydrogen-bond donors (Lipinski definition) is 1. The van der Waals surface area contributed by atoms with Crippen LogP contribution in [0.4, 0.5) is 11.4 Å². The smallest absolute Gasteiger partial charge is 0.294 e. The zero-order chi connectivity index (χ0) is 19.2. The summed E-state index contributed by atoms with van der Waals surface area (Å²) in [7, 11) is 0. The van der Waals surface area contributed by atoms with Gasteiger partial charge in [-0.3, -0.25) is 19.8 Å². The third-order valence-electron chi connectivity index (χ3n) is 4.52. The molecule has 1 aliphatic rings. The summed E-state index contributed by atoms with van der Waals surface area (Å²) >= 11 is 7.57. The number of nitro benzene ring substituents is 1. The normalized spacial score (nSPS) is 15.6. The van der Waals surface area contributed by atoms with E-state index >= 15 is 0 Å². The Morgan fingerprint density at radius 1 is 1.22 bits per heavy atom. The van der Waals surface area contributed by atoms with Crippen molar-refractivity contribution in [2.75, 3.05) is 44.6 Å². The van der Waals surface area contributed by atoms with Gasteiger partial charge in [-0.25, -0.2) is 0 Å². The van der Waals surface area contributed by atoms with Crippen LogP contribution in [0.25, 0.3) is 0 Å². The van der Waals surface area contributed by atoms with Gasteiger partial charge in [-0.15, -0.1) is 11.3 Å². The van der Waals surface area contributed by atoms with Crippen molar-refractivity contribution in [2.45, 2.75) is 6.42 Å². The van der Waals surface area contributed by atoms with E-state index in [1.165, 1.54) is 23.1 Å². The van der Waals surface area contributed by atoms with Gasteiger partial charge in [-0.1, -0.05) is 17.7 Å². The average Bonchev–Trinajstić information content (AvgIpc) is 3.16. The molecule has 0 saturated carbocycles. The zero-order valence-corrected chi connectivity index (χ0v) is 16.3. The molecule has 0 spiro atoms. The monoisotopic (exact) mass is 408 g/mol. The van der Waals surface area contributed by atoms with E-state index in [4.69, 9.17) is 11.6 Å². The lowest BCUT2D eigenvalue weighted by atomic mass is 10.2. The van der Waals surface area contributed by atoms with Crippen LogP contribution in [0.3, 0.4) is 0 Å². The van der Waals surface area contributed by atoms with Gasteiger partial charge in [0.15, 0.2) is 0 Å². The first-order chi connectivity index (χ1) is 13.0. The maximum Gasteiger partial charge on any atom is 0.294 e. The number of nitro groups is 1. The number of benzene rings is 1. The fourth-order valence-electron chi connectivity index (χ4n) is 3.05. The van der Waals surface area contributed by atoms with Crippen molar-refractivity contribution in [1.29, 1.82) is 0 Å². The summed E-state index contributed by atoms with van der Waals surface area (Å²) in [6, 6.07) is 8.45. The molecule has 2 heterocycles. The number of carbonyl (C=O) groups is 1. The molecule has 2 aromatic rings. The molecule has 0 atom stereocenters. The topological polar surface area (TPSA) is 78.7 Å². The molecule has 0 unspecified atom stereocenters. The highest BCUT2D eigenvalue weighted by Crippen LogP contribution is 2.27. The predicted octanol–water partition coefficient (Wildman–Crippen LogP) is 3.11. The van der Waals surface area contributed by atoms with Gasteiger partial charge < -0.3 is 10.2 Å². The van der Waals surface area contributed by atoms with Crippen molar-refractivity contribution >= 4 is 40.2 Å². The van der Waals surface area contributed by atoms with Crippen molar-refractivity contribution < 1.29 is 9.72 Å². The number of nitrogens with one attached hydrogen (secondary N) is 1. The molecule has 0 bridgehead atoms. The minimum atomic E-state index is -0.548. The fourth-order valence-corrected chi connectivity index (χ4v) is 3.91. The summed E-state index contributed by atoms with van der Waals surface area (Å²) in [4.78, 5) is 28.7. The lowest BCUT2D eigenvalue weighted by Gasteiger charge is -2.34.